The second-order valence-electron chi connectivity index (χ2n) is 5.91. The van der Waals surface area contributed by atoms with Gasteiger partial charge in [-0.25, -0.2) is 0 Å². The molecular weight excluding hydrogens is 222 g/mol. The first-order valence-corrected chi connectivity index (χ1v) is 7.10. The molecule has 0 bridgehead atoms. The molecule has 0 radical (unpaired) electrons. The lowest BCUT2D eigenvalue weighted by molar-refractivity contribution is 0.137. The Labute approximate surface area is 110 Å². The molecule has 0 aromatic heterocycles. The molecule has 1 aromatic rings. The Morgan fingerprint density at radius 1 is 1.22 bits per heavy atom. The lowest BCUT2D eigenvalue weighted by Crippen LogP contribution is -2.49. The van der Waals surface area contributed by atoms with Crippen LogP contribution in [0.25, 0.3) is 0 Å². The van der Waals surface area contributed by atoms with Gasteiger partial charge >= 0.3 is 0 Å². The molecule has 0 saturated heterocycles. The van der Waals surface area contributed by atoms with Gasteiger partial charge in [0.2, 0.25) is 0 Å². The first-order valence-electron chi connectivity index (χ1n) is 7.10. The topological polar surface area (TPSA) is 32.3 Å². The van der Waals surface area contributed by atoms with Crippen molar-refractivity contribution in [3.63, 3.8) is 0 Å². The number of hydrogen-bond acceptors (Lipinski definition) is 2. The van der Waals surface area contributed by atoms with Crippen LogP contribution in [0.1, 0.15) is 32.3 Å². The largest absolute Gasteiger partial charge is 0.395 e. The molecule has 100 valence electrons. The quantitative estimate of drug-likeness (QED) is 0.810. The lowest BCUT2D eigenvalue weighted by atomic mass is 9.73. The van der Waals surface area contributed by atoms with Gasteiger partial charge in [0, 0.05) is 12.1 Å². The van der Waals surface area contributed by atoms with Gasteiger partial charge in [-0.1, -0.05) is 44.2 Å². The van der Waals surface area contributed by atoms with E-state index in [1.54, 1.807) is 0 Å². The smallest absolute Gasteiger partial charge is 0.0587 e. The molecule has 0 spiro atoms. The summed E-state index contributed by atoms with van der Waals surface area (Å²) in [4.78, 5) is 0. The Morgan fingerprint density at radius 2 is 1.89 bits per heavy atom. The minimum absolute atomic E-state index is 0.200. The van der Waals surface area contributed by atoms with Crippen molar-refractivity contribution in [2.75, 3.05) is 6.61 Å². The van der Waals surface area contributed by atoms with Gasteiger partial charge in [0.05, 0.1) is 6.61 Å². The van der Waals surface area contributed by atoms with Crippen LogP contribution in [0.15, 0.2) is 30.3 Å². The normalized spacial score (nSPS) is 24.9. The number of aliphatic hydroxyl groups excluding tert-OH is 1. The van der Waals surface area contributed by atoms with E-state index in [0.717, 1.165) is 18.3 Å². The number of aliphatic hydroxyl groups is 1. The van der Waals surface area contributed by atoms with Crippen LogP contribution in [0.2, 0.25) is 0 Å². The van der Waals surface area contributed by atoms with Crippen molar-refractivity contribution >= 4 is 0 Å². The van der Waals surface area contributed by atoms with Crippen LogP contribution in [-0.2, 0) is 6.42 Å². The van der Waals surface area contributed by atoms with E-state index >= 15 is 0 Å². The van der Waals surface area contributed by atoms with E-state index in [1.807, 2.05) is 6.07 Å². The maximum Gasteiger partial charge on any atom is 0.0587 e. The summed E-state index contributed by atoms with van der Waals surface area (Å²) in [5, 5.41) is 13.1. The molecule has 1 aromatic carbocycles. The first kappa shape index (κ1) is 13.6. The van der Waals surface area contributed by atoms with Crippen LogP contribution in [0, 0.1) is 11.8 Å². The average molecular weight is 247 g/mol. The van der Waals surface area contributed by atoms with E-state index < -0.39 is 0 Å². The summed E-state index contributed by atoms with van der Waals surface area (Å²) in [5.41, 5.74) is 1.30. The van der Waals surface area contributed by atoms with Crippen LogP contribution in [0.4, 0.5) is 0 Å². The minimum atomic E-state index is 0.200. The van der Waals surface area contributed by atoms with Crippen molar-refractivity contribution in [2.45, 2.75) is 45.2 Å². The molecule has 0 aliphatic heterocycles. The molecular formula is C16H25NO. The highest BCUT2D eigenvalue weighted by atomic mass is 16.3. The molecule has 1 aliphatic carbocycles. The number of rotatable bonds is 6. The van der Waals surface area contributed by atoms with Crippen molar-refractivity contribution in [1.82, 2.24) is 5.32 Å². The zero-order chi connectivity index (χ0) is 13.0. The number of nitrogens with one attached hydrogen (secondary N) is 1. The highest BCUT2D eigenvalue weighted by molar-refractivity contribution is 5.16. The summed E-state index contributed by atoms with van der Waals surface area (Å²) in [5.74, 6) is 1.67. The third-order valence-electron chi connectivity index (χ3n) is 4.13. The van der Waals surface area contributed by atoms with Crippen molar-refractivity contribution in [1.29, 1.82) is 0 Å². The summed E-state index contributed by atoms with van der Waals surface area (Å²) in [6.07, 6.45) is 3.45. The van der Waals surface area contributed by atoms with Gasteiger partial charge in [0.15, 0.2) is 0 Å². The Balaban J connectivity index is 1.77. The van der Waals surface area contributed by atoms with Gasteiger partial charge in [-0.2, -0.15) is 0 Å². The summed E-state index contributed by atoms with van der Waals surface area (Å²) >= 11 is 0. The van der Waals surface area contributed by atoms with Crippen molar-refractivity contribution < 1.29 is 5.11 Å². The van der Waals surface area contributed by atoms with Crippen molar-refractivity contribution in [3.8, 4) is 0 Å². The van der Waals surface area contributed by atoms with Gasteiger partial charge in [0.25, 0.3) is 0 Å². The summed E-state index contributed by atoms with van der Waals surface area (Å²) in [6, 6.07) is 11.2. The molecule has 0 heterocycles. The zero-order valence-corrected chi connectivity index (χ0v) is 11.5. The molecule has 1 saturated carbocycles. The molecule has 2 heteroatoms. The number of benzene rings is 1. The summed E-state index contributed by atoms with van der Waals surface area (Å²) in [6.45, 7) is 4.82. The second kappa shape index (κ2) is 6.35. The third kappa shape index (κ3) is 3.56. The molecule has 2 rings (SSSR count). The maximum absolute atomic E-state index is 9.47. The highest BCUT2D eigenvalue weighted by Crippen LogP contribution is 2.33. The van der Waals surface area contributed by atoms with E-state index in [9.17, 15) is 5.11 Å². The Kier molecular flexibility index (Phi) is 4.79. The van der Waals surface area contributed by atoms with Gasteiger partial charge < -0.3 is 10.4 Å². The van der Waals surface area contributed by atoms with Crippen molar-refractivity contribution in [2.24, 2.45) is 11.8 Å². The van der Waals surface area contributed by atoms with Crippen molar-refractivity contribution in [3.05, 3.63) is 35.9 Å². The van der Waals surface area contributed by atoms with Gasteiger partial charge in [-0.15, -0.1) is 0 Å². The van der Waals surface area contributed by atoms with E-state index in [0.29, 0.717) is 6.04 Å². The van der Waals surface area contributed by atoms with Gasteiger partial charge in [-0.3, -0.25) is 0 Å². The summed E-state index contributed by atoms with van der Waals surface area (Å²) < 4.78 is 0. The molecule has 18 heavy (non-hydrogen) atoms. The SMILES string of the molecule is CC(C)C1CC(N[C@H](CO)Cc2ccccc2)C1. The Morgan fingerprint density at radius 3 is 2.44 bits per heavy atom. The van der Waals surface area contributed by atoms with Crippen LogP contribution in [-0.4, -0.2) is 23.8 Å². The van der Waals surface area contributed by atoms with Crippen LogP contribution in [0.3, 0.4) is 0 Å². The Hall–Kier alpha value is -0.860. The minimum Gasteiger partial charge on any atom is -0.395 e. The first-order chi connectivity index (χ1) is 8.69. The molecule has 1 fully saturated rings. The maximum atomic E-state index is 9.47. The standard InChI is InChI=1S/C16H25NO/c1-12(2)14-9-15(10-14)17-16(11-18)8-13-6-4-3-5-7-13/h3-7,12,14-18H,8-11H2,1-2H3/t14?,15?,16-/m0/s1. The summed E-state index contributed by atoms with van der Waals surface area (Å²) in [7, 11) is 0. The second-order valence-corrected chi connectivity index (χ2v) is 5.91. The third-order valence-corrected chi connectivity index (χ3v) is 4.13. The lowest BCUT2D eigenvalue weighted by Gasteiger charge is -2.40. The fourth-order valence-corrected chi connectivity index (χ4v) is 2.75. The average Bonchev–Trinajstić information content (AvgIpc) is 2.32. The van der Waals surface area contributed by atoms with E-state index in [1.165, 1.54) is 18.4 Å². The van der Waals surface area contributed by atoms with Crippen LogP contribution < -0.4 is 5.32 Å². The molecule has 0 amide bonds. The van der Waals surface area contributed by atoms with E-state index in [4.69, 9.17) is 0 Å². The molecule has 0 unspecified atom stereocenters. The fourth-order valence-electron chi connectivity index (χ4n) is 2.75. The molecule has 2 nitrogen and oxygen atoms in total. The van der Waals surface area contributed by atoms with E-state index in [-0.39, 0.29) is 12.6 Å². The molecule has 2 N–H and O–H groups in total. The monoisotopic (exact) mass is 247 g/mol. The molecule has 1 aliphatic rings. The number of hydrogen-bond donors (Lipinski definition) is 2. The highest BCUT2D eigenvalue weighted by Gasteiger charge is 2.32. The van der Waals surface area contributed by atoms with Crippen LogP contribution in [0.5, 0.6) is 0 Å². The predicted molar refractivity (Wildman–Crippen MR) is 75.5 cm³/mol. The molecule has 1 atom stereocenters. The predicted octanol–water partition coefficient (Wildman–Crippen LogP) is 2.61. The van der Waals surface area contributed by atoms with E-state index in [2.05, 4.69) is 43.4 Å². The zero-order valence-electron chi connectivity index (χ0n) is 11.5. The van der Waals surface area contributed by atoms with Gasteiger partial charge in [-0.05, 0) is 36.7 Å². The van der Waals surface area contributed by atoms with Gasteiger partial charge in [0.1, 0.15) is 0 Å². The fraction of sp³-hybridized carbons (Fsp3) is 0.625. The van der Waals surface area contributed by atoms with Crippen LogP contribution >= 0.6 is 0 Å². The Bertz CT molecular complexity index is 343.